The third-order valence-corrected chi connectivity index (χ3v) is 5.49. The lowest BCUT2D eigenvalue weighted by atomic mass is 9.99. The lowest BCUT2D eigenvalue weighted by Gasteiger charge is -2.36. The van der Waals surface area contributed by atoms with Crippen LogP contribution in [0.1, 0.15) is 35.2 Å². The molecule has 3 aromatic rings. The minimum atomic E-state index is -4.78. The van der Waals surface area contributed by atoms with Crippen LogP contribution in [0.2, 0.25) is 0 Å². The fourth-order valence-corrected chi connectivity index (χ4v) is 3.94. The number of nitrogens with zero attached hydrogens (tertiary/aromatic N) is 4. The summed E-state index contributed by atoms with van der Waals surface area (Å²) >= 11 is 0. The number of rotatable bonds is 5. The first-order valence-corrected chi connectivity index (χ1v) is 10.3. The number of aromatic nitrogens is 3. The van der Waals surface area contributed by atoms with Crippen LogP contribution in [-0.4, -0.2) is 38.2 Å². The van der Waals surface area contributed by atoms with Gasteiger partial charge < -0.3 is 10.6 Å². The molecule has 1 aromatic heterocycles. The second-order valence-electron chi connectivity index (χ2n) is 7.97. The van der Waals surface area contributed by atoms with Gasteiger partial charge in [-0.2, -0.15) is 13.2 Å². The summed E-state index contributed by atoms with van der Waals surface area (Å²) < 4.78 is 80.8. The third-order valence-electron chi connectivity index (χ3n) is 5.49. The molecule has 180 valence electrons. The summed E-state index contributed by atoms with van der Waals surface area (Å²) in [6.45, 7) is -0.00725. The van der Waals surface area contributed by atoms with Crippen molar-refractivity contribution in [3.05, 3.63) is 82.7 Å². The van der Waals surface area contributed by atoms with Crippen LogP contribution < -0.4 is 5.73 Å². The van der Waals surface area contributed by atoms with Crippen molar-refractivity contribution in [2.75, 3.05) is 6.54 Å². The Bertz CT molecular complexity index is 1190. The summed E-state index contributed by atoms with van der Waals surface area (Å²) in [5, 5.41) is 3.52. The van der Waals surface area contributed by atoms with Gasteiger partial charge in [-0.25, -0.2) is 22.8 Å². The average Bonchev–Trinajstić information content (AvgIpc) is 3.21. The molecule has 0 spiro atoms. The summed E-state index contributed by atoms with van der Waals surface area (Å²) in [6.07, 6.45) is -4.91. The lowest BCUT2D eigenvalue weighted by Crippen LogP contribution is -2.45. The second kappa shape index (κ2) is 9.09. The molecule has 4 rings (SSSR count). The van der Waals surface area contributed by atoms with E-state index < -0.39 is 47.4 Å². The predicted molar refractivity (Wildman–Crippen MR) is 108 cm³/mol. The fourth-order valence-electron chi connectivity index (χ4n) is 3.94. The molecular formula is C22H19F6N5O. The molecule has 2 aromatic carbocycles. The van der Waals surface area contributed by atoms with Gasteiger partial charge >= 0.3 is 6.18 Å². The van der Waals surface area contributed by atoms with E-state index >= 15 is 0 Å². The Morgan fingerprint density at radius 3 is 2.41 bits per heavy atom. The summed E-state index contributed by atoms with van der Waals surface area (Å²) in [5.74, 6) is -4.52. The molecule has 6 nitrogen and oxygen atoms in total. The molecule has 12 heteroatoms. The van der Waals surface area contributed by atoms with E-state index in [1.54, 1.807) is 0 Å². The first-order valence-electron chi connectivity index (χ1n) is 10.3. The Kier molecular flexibility index (Phi) is 6.34. The van der Waals surface area contributed by atoms with E-state index in [4.69, 9.17) is 5.73 Å². The predicted octanol–water partition coefficient (Wildman–Crippen LogP) is 3.61. The molecule has 0 fully saturated rings. The van der Waals surface area contributed by atoms with Gasteiger partial charge in [-0.05, 0) is 41.8 Å². The average molecular weight is 483 g/mol. The van der Waals surface area contributed by atoms with E-state index in [1.165, 1.54) is 23.1 Å². The minimum Gasteiger partial charge on any atom is -0.327 e. The van der Waals surface area contributed by atoms with Crippen molar-refractivity contribution < 1.29 is 31.1 Å². The topological polar surface area (TPSA) is 77.0 Å². The van der Waals surface area contributed by atoms with E-state index in [1.807, 2.05) is 0 Å². The number of amides is 1. The normalized spacial score (nSPS) is 16.9. The number of carbonyl (C=O) groups excluding carboxylic acids is 1. The number of alkyl halides is 3. The maximum absolute atomic E-state index is 13.5. The van der Waals surface area contributed by atoms with E-state index in [-0.39, 0.29) is 31.8 Å². The molecule has 2 atom stereocenters. The van der Waals surface area contributed by atoms with Crippen LogP contribution in [0.15, 0.2) is 42.5 Å². The smallest absolute Gasteiger partial charge is 0.327 e. The molecule has 0 saturated carbocycles. The maximum atomic E-state index is 13.5. The van der Waals surface area contributed by atoms with Crippen molar-refractivity contribution in [3.8, 4) is 0 Å². The van der Waals surface area contributed by atoms with Gasteiger partial charge in [-0.1, -0.05) is 18.2 Å². The fraction of sp³-hybridized carbons (Fsp3) is 0.318. The van der Waals surface area contributed by atoms with Crippen LogP contribution in [0.25, 0.3) is 0 Å². The summed E-state index contributed by atoms with van der Waals surface area (Å²) in [4.78, 5) is 18.1. The van der Waals surface area contributed by atoms with Gasteiger partial charge in [-0.3, -0.25) is 4.79 Å². The Hall–Kier alpha value is -3.41. The monoisotopic (exact) mass is 483 g/mol. The van der Waals surface area contributed by atoms with Crippen molar-refractivity contribution in [1.29, 1.82) is 0 Å². The van der Waals surface area contributed by atoms with Crippen LogP contribution in [-0.2, 0) is 23.9 Å². The van der Waals surface area contributed by atoms with E-state index in [0.717, 1.165) is 28.9 Å². The van der Waals surface area contributed by atoms with Crippen LogP contribution >= 0.6 is 0 Å². The molecule has 1 amide bonds. The van der Waals surface area contributed by atoms with Crippen molar-refractivity contribution in [2.45, 2.75) is 37.6 Å². The van der Waals surface area contributed by atoms with Crippen LogP contribution in [0, 0.1) is 17.5 Å². The number of hydrogen-bond donors (Lipinski definition) is 1. The SMILES string of the molecule is N[C@@H](CC(=O)N1CCn2nc(C(F)(F)F)nc2C1c1ccc(F)cc1)Cc1ccc(F)c(F)c1. The van der Waals surface area contributed by atoms with Crippen LogP contribution in [0.5, 0.6) is 0 Å². The van der Waals surface area contributed by atoms with Crippen molar-refractivity contribution >= 4 is 5.91 Å². The first-order chi connectivity index (χ1) is 16.0. The molecule has 0 bridgehead atoms. The zero-order chi connectivity index (χ0) is 24.6. The number of fused-ring (bicyclic) bond motifs is 1. The van der Waals surface area contributed by atoms with Gasteiger partial charge in [-0.15, -0.1) is 5.10 Å². The molecular weight excluding hydrogens is 464 g/mol. The van der Waals surface area contributed by atoms with E-state index in [2.05, 4.69) is 10.1 Å². The molecule has 0 aliphatic carbocycles. The van der Waals surface area contributed by atoms with Crippen molar-refractivity contribution in [3.63, 3.8) is 0 Å². The third kappa shape index (κ3) is 4.91. The number of halogens is 6. The van der Waals surface area contributed by atoms with Gasteiger partial charge in [0.15, 0.2) is 17.5 Å². The Morgan fingerprint density at radius 1 is 1.06 bits per heavy atom. The highest BCUT2D eigenvalue weighted by Crippen LogP contribution is 2.34. The lowest BCUT2D eigenvalue weighted by molar-refractivity contribution is -0.145. The van der Waals surface area contributed by atoms with Crippen LogP contribution in [0.4, 0.5) is 26.3 Å². The number of hydrogen-bond acceptors (Lipinski definition) is 4. The summed E-state index contributed by atoms with van der Waals surface area (Å²) in [5.41, 5.74) is 6.81. The molecule has 2 heterocycles. The first kappa shape index (κ1) is 23.7. The van der Waals surface area contributed by atoms with Gasteiger partial charge in [0.05, 0.1) is 6.54 Å². The molecule has 0 radical (unpaired) electrons. The summed E-state index contributed by atoms with van der Waals surface area (Å²) in [7, 11) is 0. The largest absolute Gasteiger partial charge is 0.453 e. The number of carbonyl (C=O) groups is 1. The highest BCUT2D eigenvalue weighted by atomic mass is 19.4. The Labute approximate surface area is 190 Å². The Morgan fingerprint density at radius 2 is 1.76 bits per heavy atom. The van der Waals surface area contributed by atoms with E-state index in [9.17, 15) is 31.1 Å². The van der Waals surface area contributed by atoms with Gasteiger partial charge in [0.25, 0.3) is 5.82 Å². The van der Waals surface area contributed by atoms with Crippen LogP contribution in [0.3, 0.4) is 0 Å². The number of benzene rings is 2. The van der Waals surface area contributed by atoms with Gasteiger partial charge in [0.1, 0.15) is 11.9 Å². The maximum Gasteiger partial charge on any atom is 0.453 e. The molecule has 1 aliphatic rings. The van der Waals surface area contributed by atoms with Crippen molar-refractivity contribution in [1.82, 2.24) is 19.7 Å². The second-order valence-corrected chi connectivity index (χ2v) is 7.97. The zero-order valence-electron chi connectivity index (χ0n) is 17.6. The Balaban J connectivity index is 1.60. The number of nitrogens with two attached hydrogens (primary N) is 1. The zero-order valence-corrected chi connectivity index (χ0v) is 17.6. The molecule has 1 aliphatic heterocycles. The molecule has 2 N–H and O–H groups in total. The highest BCUT2D eigenvalue weighted by molar-refractivity contribution is 5.78. The van der Waals surface area contributed by atoms with Gasteiger partial charge in [0, 0.05) is 19.0 Å². The summed E-state index contributed by atoms with van der Waals surface area (Å²) in [6, 6.07) is 6.48. The van der Waals surface area contributed by atoms with Gasteiger partial charge in [0.2, 0.25) is 5.91 Å². The molecule has 1 unspecified atom stereocenters. The highest BCUT2D eigenvalue weighted by Gasteiger charge is 2.41. The van der Waals surface area contributed by atoms with E-state index in [0.29, 0.717) is 11.1 Å². The molecule has 34 heavy (non-hydrogen) atoms. The standard InChI is InChI=1S/C22H19F6N5O/c23-14-4-2-13(3-5-14)19-20-30-21(22(26,27)28)31-33(20)8-7-32(19)18(34)11-15(29)9-12-1-6-16(24)17(25)10-12/h1-6,10,15,19H,7-9,11,29H2/t15-,19?/m1/s1. The quantitative estimate of drug-likeness (QED) is 0.563. The minimum absolute atomic E-state index is 0.0203. The molecule has 0 saturated heterocycles. The van der Waals surface area contributed by atoms with Crippen molar-refractivity contribution in [2.24, 2.45) is 5.73 Å².